The maximum absolute atomic E-state index is 12.1. The van der Waals surface area contributed by atoms with Crippen LogP contribution >= 0.6 is 15.9 Å². The monoisotopic (exact) mass is 346 g/mol. The van der Waals surface area contributed by atoms with Crippen molar-refractivity contribution in [1.82, 2.24) is 0 Å². The van der Waals surface area contributed by atoms with Crippen LogP contribution in [0.3, 0.4) is 0 Å². The van der Waals surface area contributed by atoms with Gasteiger partial charge < -0.3 is 5.11 Å². The van der Waals surface area contributed by atoms with Crippen LogP contribution in [-0.4, -0.2) is 17.0 Å². The number of hydrogen-bond acceptors (Lipinski definition) is 2. The van der Waals surface area contributed by atoms with Crippen molar-refractivity contribution in [3.05, 3.63) is 58.6 Å². The van der Waals surface area contributed by atoms with Gasteiger partial charge in [0.15, 0.2) is 5.78 Å². The third kappa shape index (κ3) is 4.26. The number of benzene rings is 2. The summed E-state index contributed by atoms with van der Waals surface area (Å²) in [5.74, 6) is -0.189. The second-order valence-electron chi connectivity index (χ2n) is 5.11. The van der Waals surface area contributed by atoms with Crippen LogP contribution in [0.5, 0.6) is 0 Å². The van der Waals surface area contributed by atoms with Crippen LogP contribution in [0.2, 0.25) is 0 Å². The van der Waals surface area contributed by atoms with Crippen LogP contribution in [0.1, 0.15) is 36.5 Å². The fourth-order valence-corrected chi connectivity index (χ4v) is 2.45. The number of aliphatic hydroxyl groups excluding tert-OH is 1. The van der Waals surface area contributed by atoms with Gasteiger partial charge in [-0.1, -0.05) is 72.1 Å². The molecule has 0 saturated heterocycles. The molecule has 0 aliphatic heterocycles. The predicted octanol–water partition coefficient (Wildman–Crippen LogP) is 4.85. The molecule has 0 heterocycles. The van der Waals surface area contributed by atoms with Gasteiger partial charge in [-0.15, -0.1) is 0 Å². The highest BCUT2D eigenvalue weighted by molar-refractivity contribution is 9.10. The van der Waals surface area contributed by atoms with Crippen LogP contribution in [0.4, 0.5) is 0 Å². The van der Waals surface area contributed by atoms with Gasteiger partial charge in [0.2, 0.25) is 0 Å². The van der Waals surface area contributed by atoms with Gasteiger partial charge in [-0.3, -0.25) is 4.79 Å². The summed E-state index contributed by atoms with van der Waals surface area (Å²) in [5, 5.41) is 9.86. The second-order valence-corrected chi connectivity index (χ2v) is 6.02. The maximum Gasteiger partial charge on any atom is 0.191 e. The number of unbranched alkanes of at least 4 members (excludes halogenated alkanes) is 1. The normalized spacial score (nSPS) is 12.1. The fourth-order valence-electron chi connectivity index (χ4n) is 2.19. The zero-order chi connectivity index (χ0) is 15.2. The molecule has 0 bridgehead atoms. The molecule has 2 aromatic carbocycles. The van der Waals surface area contributed by atoms with E-state index in [1.165, 1.54) is 0 Å². The SMILES string of the molecule is CCCCC(O)C(=O)c1ccc(-c2ccc(Br)cc2)cc1. The van der Waals surface area contributed by atoms with E-state index in [0.29, 0.717) is 12.0 Å². The van der Waals surface area contributed by atoms with E-state index in [1.54, 1.807) is 12.1 Å². The predicted molar refractivity (Wildman–Crippen MR) is 89.4 cm³/mol. The highest BCUT2D eigenvalue weighted by Gasteiger charge is 2.16. The van der Waals surface area contributed by atoms with Crippen molar-refractivity contribution in [3.8, 4) is 11.1 Å². The number of hydrogen-bond donors (Lipinski definition) is 1. The van der Waals surface area contributed by atoms with Gasteiger partial charge in [-0.25, -0.2) is 0 Å². The molecule has 21 heavy (non-hydrogen) atoms. The lowest BCUT2D eigenvalue weighted by Gasteiger charge is -2.09. The Kier molecular flexibility index (Phi) is 5.71. The fraction of sp³-hybridized carbons (Fsp3) is 0.278. The van der Waals surface area contributed by atoms with E-state index in [-0.39, 0.29) is 5.78 Å². The lowest BCUT2D eigenvalue weighted by atomic mass is 9.99. The van der Waals surface area contributed by atoms with Gasteiger partial charge in [0, 0.05) is 10.0 Å². The molecule has 2 rings (SSSR count). The quantitative estimate of drug-likeness (QED) is 0.759. The smallest absolute Gasteiger partial charge is 0.191 e. The molecule has 2 aromatic rings. The molecule has 3 heteroatoms. The van der Waals surface area contributed by atoms with E-state index >= 15 is 0 Å². The second kappa shape index (κ2) is 7.53. The van der Waals surface area contributed by atoms with E-state index in [2.05, 4.69) is 15.9 Å². The molecule has 1 N–H and O–H groups in total. The molecule has 0 spiro atoms. The van der Waals surface area contributed by atoms with E-state index < -0.39 is 6.10 Å². The van der Waals surface area contributed by atoms with Crippen LogP contribution in [0.15, 0.2) is 53.0 Å². The van der Waals surface area contributed by atoms with Crippen LogP contribution in [0.25, 0.3) is 11.1 Å². The lowest BCUT2D eigenvalue weighted by Crippen LogP contribution is -2.20. The Labute approximate surface area is 134 Å². The average molecular weight is 347 g/mol. The van der Waals surface area contributed by atoms with Crippen molar-refractivity contribution < 1.29 is 9.90 Å². The largest absolute Gasteiger partial charge is 0.385 e. The molecule has 1 atom stereocenters. The van der Waals surface area contributed by atoms with E-state index in [9.17, 15) is 9.90 Å². The topological polar surface area (TPSA) is 37.3 Å². The molecule has 0 saturated carbocycles. The zero-order valence-electron chi connectivity index (χ0n) is 12.1. The molecule has 0 fully saturated rings. The number of carbonyl (C=O) groups excluding carboxylic acids is 1. The zero-order valence-corrected chi connectivity index (χ0v) is 13.6. The lowest BCUT2D eigenvalue weighted by molar-refractivity contribution is 0.0726. The number of Topliss-reactive ketones (excluding diaryl/α,β-unsaturated/α-hetero) is 1. The summed E-state index contributed by atoms with van der Waals surface area (Å²) in [5.41, 5.74) is 2.73. The van der Waals surface area contributed by atoms with Gasteiger partial charge in [0.1, 0.15) is 6.10 Å². The van der Waals surface area contributed by atoms with Crippen molar-refractivity contribution >= 4 is 21.7 Å². The minimum Gasteiger partial charge on any atom is -0.385 e. The number of ketones is 1. The van der Waals surface area contributed by atoms with Gasteiger partial charge in [0.25, 0.3) is 0 Å². The maximum atomic E-state index is 12.1. The Bertz CT molecular complexity index is 588. The summed E-state index contributed by atoms with van der Waals surface area (Å²) < 4.78 is 1.04. The summed E-state index contributed by atoms with van der Waals surface area (Å²) >= 11 is 3.41. The van der Waals surface area contributed by atoms with Crippen molar-refractivity contribution in [3.63, 3.8) is 0 Å². The van der Waals surface area contributed by atoms with Crippen molar-refractivity contribution in [1.29, 1.82) is 0 Å². The third-order valence-corrected chi connectivity index (χ3v) is 4.01. The molecular formula is C18H19BrO2. The summed E-state index contributed by atoms with van der Waals surface area (Å²) in [6, 6.07) is 15.4. The molecule has 0 aliphatic rings. The highest BCUT2D eigenvalue weighted by atomic mass is 79.9. The average Bonchev–Trinajstić information content (AvgIpc) is 2.53. The number of aliphatic hydroxyl groups is 1. The first-order valence-corrected chi connectivity index (χ1v) is 7.99. The molecule has 1 unspecified atom stereocenters. The Hall–Kier alpha value is -1.45. The van der Waals surface area contributed by atoms with E-state index in [1.807, 2.05) is 43.3 Å². The minimum atomic E-state index is -0.886. The van der Waals surface area contributed by atoms with Gasteiger partial charge >= 0.3 is 0 Å². The Morgan fingerprint density at radius 3 is 2.10 bits per heavy atom. The van der Waals surface area contributed by atoms with Crippen LogP contribution < -0.4 is 0 Å². The first-order valence-electron chi connectivity index (χ1n) is 7.20. The number of rotatable bonds is 6. The summed E-state index contributed by atoms with van der Waals surface area (Å²) in [6.07, 6.45) is 1.49. The van der Waals surface area contributed by atoms with Crippen LogP contribution in [-0.2, 0) is 0 Å². The van der Waals surface area contributed by atoms with Gasteiger partial charge in [-0.2, -0.15) is 0 Å². The Morgan fingerprint density at radius 1 is 1.05 bits per heavy atom. The first kappa shape index (κ1) is 15.9. The summed E-state index contributed by atoms with van der Waals surface area (Å²) in [7, 11) is 0. The third-order valence-electron chi connectivity index (χ3n) is 3.48. The molecule has 0 amide bonds. The summed E-state index contributed by atoms with van der Waals surface area (Å²) in [6.45, 7) is 2.05. The molecule has 110 valence electrons. The molecule has 2 nitrogen and oxygen atoms in total. The number of carbonyl (C=O) groups is 1. The van der Waals surface area contributed by atoms with Gasteiger partial charge in [-0.05, 0) is 29.7 Å². The van der Waals surface area contributed by atoms with E-state index in [0.717, 1.165) is 28.4 Å². The van der Waals surface area contributed by atoms with E-state index in [4.69, 9.17) is 0 Å². The van der Waals surface area contributed by atoms with Crippen molar-refractivity contribution in [2.24, 2.45) is 0 Å². The molecule has 0 aromatic heterocycles. The molecule has 0 aliphatic carbocycles. The first-order chi connectivity index (χ1) is 10.1. The Morgan fingerprint density at radius 2 is 1.57 bits per heavy atom. The summed E-state index contributed by atoms with van der Waals surface area (Å²) in [4.78, 5) is 12.1. The Balaban J connectivity index is 2.11. The van der Waals surface area contributed by atoms with Crippen LogP contribution in [0, 0.1) is 0 Å². The minimum absolute atomic E-state index is 0.189. The number of halogens is 1. The van der Waals surface area contributed by atoms with Crippen molar-refractivity contribution in [2.45, 2.75) is 32.3 Å². The highest BCUT2D eigenvalue weighted by Crippen LogP contribution is 2.22. The molecule has 0 radical (unpaired) electrons. The van der Waals surface area contributed by atoms with Gasteiger partial charge in [0.05, 0.1) is 0 Å². The van der Waals surface area contributed by atoms with Crippen molar-refractivity contribution in [2.75, 3.05) is 0 Å². The molecular weight excluding hydrogens is 328 g/mol. The standard InChI is InChI=1S/C18H19BrO2/c1-2-3-4-17(20)18(21)15-7-5-13(6-8-15)14-9-11-16(19)12-10-14/h5-12,17,20H,2-4H2,1H3.